The minimum atomic E-state index is 0.471. The summed E-state index contributed by atoms with van der Waals surface area (Å²) in [5.41, 5.74) is 8.83. The minimum absolute atomic E-state index is 0.471. The molecule has 0 radical (unpaired) electrons. The zero-order chi connectivity index (χ0) is 28.4. The number of benzene rings is 4. The van der Waals surface area contributed by atoms with Crippen LogP contribution in [-0.2, 0) is 13.2 Å². The molecule has 42 heavy (non-hydrogen) atoms. The van der Waals surface area contributed by atoms with Crippen LogP contribution in [0.4, 0.5) is 0 Å². The Kier molecular flexibility index (Phi) is 8.43. The summed E-state index contributed by atoms with van der Waals surface area (Å²) in [6.07, 6.45) is 7.18. The first-order valence-electron chi connectivity index (χ1n) is 13.9. The molecule has 0 N–H and O–H groups in total. The molecule has 0 fully saturated rings. The summed E-state index contributed by atoms with van der Waals surface area (Å²) in [6, 6.07) is 45.6. The summed E-state index contributed by atoms with van der Waals surface area (Å²) in [5, 5.41) is 0. The molecule has 0 atom stereocenters. The van der Waals surface area contributed by atoms with Crippen molar-refractivity contribution in [1.29, 1.82) is 0 Å². The van der Waals surface area contributed by atoms with E-state index >= 15 is 0 Å². The van der Waals surface area contributed by atoms with E-state index in [0.717, 1.165) is 56.0 Å². The molecule has 0 aliphatic rings. The highest BCUT2D eigenvalue weighted by molar-refractivity contribution is 6.04. The van der Waals surface area contributed by atoms with Crippen molar-refractivity contribution in [1.82, 2.24) is 9.97 Å². The maximum absolute atomic E-state index is 6.06. The van der Waals surface area contributed by atoms with Gasteiger partial charge in [-0.25, -0.2) is 0 Å². The molecule has 4 nitrogen and oxygen atoms in total. The van der Waals surface area contributed by atoms with Crippen molar-refractivity contribution >= 4 is 11.1 Å². The molecule has 4 heteroatoms. The predicted octanol–water partition coefficient (Wildman–Crippen LogP) is 8.64. The largest absolute Gasteiger partial charge is 0.489 e. The Morgan fingerprint density at radius 2 is 0.786 bits per heavy atom. The van der Waals surface area contributed by atoms with Crippen molar-refractivity contribution < 1.29 is 9.47 Å². The third-order valence-electron chi connectivity index (χ3n) is 6.92. The molecule has 0 spiro atoms. The first-order valence-corrected chi connectivity index (χ1v) is 13.9. The molecular weight excluding hydrogens is 516 g/mol. The highest BCUT2D eigenvalue weighted by atomic mass is 16.5. The molecule has 204 valence electrons. The Bertz CT molecular complexity index is 1590. The van der Waals surface area contributed by atoms with E-state index in [1.54, 1.807) is 12.4 Å². The van der Waals surface area contributed by atoms with Gasteiger partial charge >= 0.3 is 0 Å². The summed E-state index contributed by atoms with van der Waals surface area (Å²) in [4.78, 5) is 8.36. The Balaban J connectivity index is 1.37. The third kappa shape index (κ3) is 6.62. The van der Waals surface area contributed by atoms with Crippen LogP contribution >= 0.6 is 0 Å². The van der Waals surface area contributed by atoms with Crippen LogP contribution in [0.5, 0.6) is 11.5 Å². The van der Waals surface area contributed by atoms with Gasteiger partial charge in [0.1, 0.15) is 24.7 Å². The van der Waals surface area contributed by atoms with Crippen molar-refractivity contribution in [2.45, 2.75) is 13.2 Å². The summed E-state index contributed by atoms with van der Waals surface area (Å²) < 4.78 is 12.1. The van der Waals surface area contributed by atoms with E-state index < -0.39 is 0 Å². The predicted molar refractivity (Wildman–Crippen MR) is 168 cm³/mol. The molecular formula is C38H30N2O2. The number of ether oxygens (including phenoxy) is 2. The first-order chi connectivity index (χ1) is 20.8. The van der Waals surface area contributed by atoms with Gasteiger partial charge in [-0.15, -0.1) is 0 Å². The van der Waals surface area contributed by atoms with E-state index in [0.29, 0.717) is 13.2 Å². The van der Waals surface area contributed by atoms with E-state index in [9.17, 15) is 0 Å². The highest BCUT2D eigenvalue weighted by Gasteiger charge is 2.16. The van der Waals surface area contributed by atoms with Crippen LogP contribution in [0.15, 0.2) is 158 Å². The molecule has 0 aliphatic carbocycles. The molecule has 6 aromatic rings. The molecule has 0 saturated heterocycles. The summed E-state index contributed by atoms with van der Waals surface area (Å²) in [6.45, 7) is 0.943. The SMILES string of the molecule is c1ccc(/C(=C(\c2ccccc2)c2ccc(OCc3cccnc3)cc2)c2ccc(OCc3cccnc3)cc2)cc1. The zero-order valence-electron chi connectivity index (χ0n) is 23.1. The van der Waals surface area contributed by atoms with Gasteiger partial charge in [-0.3, -0.25) is 9.97 Å². The fourth-order valence-corrected chi connectivity index (χ4v) is 4.86. The van der Waals surface area contributed by atoms with Crippen molar-refractivity contribution in [3.63, 3.8) is 0 Å². The topological polar surface area (TPSA) is 44.2 Å². The second-order valence-corrected chi connectivity index (χ2v) is 9.83. The lowest BCUT2D eigenvalue weighted by atomic mass is 9.86. The molecule has 0 saturated carbocycles. The Morgan fingerprint density at radius 1 is 0.405 bits per heavy atom. The molecule has 0 unspecified atom stereocenters. The van der Waals surface area contributed by atoms with Crippen molar-refractivity contribution in [2.75, 3.05) is 0 Å². The quantitative estimate of drug-likeness (QED) is 0.161. The van der Waals surface area contributed by atoms with Gasteiger partial charge in [0.15, 0.2) is 0 Å². The molecule has 2 aromatic heterocycles. The number of hydrogen-bond donors (Lipinski definition) is 0. The van der Waals surface area contributed by atoms with Crippen LogP contribution in [0.1, 0.15) is 33.4 Å². The Labute approximate surface area is 246 Å². The lowest BCUT2D eigenvalue weighted by Crippen LogP contribution is -1.99. The fraction of sp³-hybridized carbons (Fsp3) is 0.0526. The normalized spacial score (nSPS) is 11.4. The van der Waals surface area contributed by atoms with Gasteiger partial charge in [0.25, 0.3) is 0 Å². The standard InChI is InChI=1S/C38H30N2O2/c1-3-11-31(12-4-1)37(33-15-19-35(20-16-33)41-27-29-9-7-23-39-25-29)38(32-13-5-2-6-14-32)34-17-21-36(22-18-34)42-28-30-10-8-24-40-26-30/h1-26H,27-28H2/b38-37-. The minimum Gasteiger partial charge on any atom is -0.489 e. The van der Waals surface area contributed by atoms with E-state index in [1.165, 1.54) is 0 Å². The fourth-order valence-electron chi connectivity index (χ4n) is 4.86. The van der Waals surface area contributed by atoms with E-state index in [1.807, 2.05) is 73.1 Å². The van der Waals surface area contributed by atoms with Gasteiger partial charge in [-0.1, -0.05) is 97.1 Å². The maximum atomic E-state index is 6.06. The number of rotatable bonds is 10. The average Bonchev–Trinajstić information content (AvgIpc) is 3.08. The van der Waals surface area contributed by atoms with Crippen molar-refractivity contribution in [3.05, 3.63) is 192 Å². The maximum Gasteiger partial charge on any atom is 0.119 e. The van der Waals surface area contributed by atoms with Gasteiger partial charge in [-0.05, 0) is 69.8 Å². The number of nitrogens with zero attached hydrogens (tertiary/aromatic N) is 2. The summed E-state index contributed by atoms with van der Waals surface area (Å²) >= 11 is 0. The highest BCUT2D eigenvalue weighted by Crippen LogP contribution is 2.38. The summed E-state index contributed by atoms with van der Waals surface area (Å²) in [7, 11) is 0. The molecule has 2 heterocycles. The van der Waals surface area contributed by atoms with E-state index in [2.05, 4.69) is 82.8 Å². The van der Waals surface area contributed by atoms with E-state index in [4.69, 9.17) is 9.47 Å². The number of hydrogen-bond acceptors (Lipinski definition) is 4. The van der Waals surface area contributed by atoms with Crippen LogP contribution in [-0.4, -0.2) is 9.97 Å². The number of pyridine rings is 2. The van der Waals surface area contributed by atoms with Crippen LogP contribution in [0, 0.1) is 0 Å². The second-order valence-electron chi connectivity index (χ2n) is 9.83. The van der Waals surface area contributed by atoms with Crippen molar-refractivity contribution in [3.8, 4) is 11.5 Å². The van der Waals surface area contributed by atoms with Crippen LogP contribution in [0.25, 0.3) is 11.1 Å². The molecule has 0 amide bonds. The first kappa shape index (κ1) is 26.7. The average molecular weight is 547 g/mol. The smallest absolute Gasteiger partial charge is 0.119 e. The van der Waals surface area contributed by atoms with Crippen LogP contribution < -0.4 is 9.47 Å². The molecule has 4 aromatic carbocycles. The number of aromatic nitrogens is 2. The third-order valence-corrected chi connectivity index (χ3v) is 6.92. The molecule has 0 aliphatic heterocycles. The van der Waals surface area contributed by atoms with E-state index in [-0.39, 0.29) is 0 Å². The molecule has 6 rings (SSSR count). The lowest BCUT2D eigenvalue weighted by molar-refractivity contribution is 0.305. The zero-order valence-corrected chi connectivity index (χ0v) is 23.1. The van der Waals surface area contributed by atoms with Gasteiger partial charge in [0.2, 0.25) is 0 Å². The monoisotopic (exact) mass is 546 g/mol. The Hall–Kier alpha value is -5.48. The van der Waals surface area contributed by atoms with Crippen LogP contribution in [0.3, 0.4) is 0 Å². The lowest BCUT2D eigenvalue weighted by Gasteiger charge is -2.19. The second kappa shape index (κ2) is 13.2. The molecule has 0 bridgehead atoms. The van der Waals surface area contributed by atoms with Gasteiger partial charge in [-0.2, -0.15) is 0 Å². The van der Waals surface area contributed by atoms with Crippen LogP contribution in [0.2, 0.25) is 0 Å². The van der Waals surface area contributed by atoms with Crippen molar-refractivity contribution in [2.24, 2.45) is 0 Å². The summed E-state index contributed by atoms with van der Waals surface area (Å²) in [5.74, 6) is 1.62. The van der Waals surface area contributed by atoms with Gasteiger partial charge < -0.3 is 9.47 Å². The Morgan fingerprint density at radius 3 is 1.14 bits per heavy atom. The van der Waals surface area contributed by atoms with Gasteiger partial charge in [0, 0.05) is 35.9 Å². The van der Waals surface area contributed by atoms with Gasteiger partial charge in [0.05, 0.1) is 0 Å².